The van der Waals surface area contributed by atoms with E-state index in [0.717, 1.165) is 147 Å². The van der Waals surface area contributed by atoms with Crippen LogP contribution in [0.1, 0.15) is 0 Å². The number of nitrogens with zero attached hydrogens (tertiary/aromatic N) is 6. The summed E-state index contributed by atoms with van der Waals surface area (Å²) in [5.41, 5.74) is 21.7. The maximum Gasteiger partial charge on any atom is 0.165 e. The van der Waals surface area contributed by atoms with Crippen molar-refractivity contribution in [2.45, 2.75) is 0 Å². The number of thiophene rings is 2. The highest BCUT2D eigenvalue weighted by Gasteiger charge is 2.27. The van der Waals surface area contributed by atoms with E-state index in [9.17, 15) is 0 Å². The molecule has 0 spiro atoms. The number of fused-ring (bicyclic) bond motifs is 13. The van der Waals surface area contributed by atoms with Gasteiger partial charge in [0.05, 0.1) is 0 Å². The van der Waals surface area contributed by atoms with Crippen LogP contribution in [0.4, 0.5) is 0 Å². The zero-order chi connectivity index (χ0) is 80.3. The Morgan fingerprint density at radius 3 is 1.07 bits per heavy atom. The second-order valence-corrected chi connectivity index (χ2v) is 33.5. The zero-order valence-electron chi connectivity index (χ0n) is 65.8. The average Bonchev–Trinajstić information content (AvgIpc) is 0.856. The van der Waals surface area contributed by atoms with E-state index >= 15 is 0 Å². The number of benzene rings is 20. The number of hydrogen-bond donors (Lipinski definition) is 0. The minimum atomic E-state index is 0.609. The van der Waals surface area contributed by atoms with Crippen LogP contribution in [0, 0.1) is 0 Å². The molecular weight excluding hydrogens is 1520 g/mol. The summed E-state index contributed by atoms with van der Waals surface area (Å²) in [5.74, 6) is 3.73. The van der Waals surface area contributed by atoms with Crippen LogP contribution in [0.3, 0.4) is 0 Å². The molecule has 0 radical (unpaired) electrons. The molecule has 0 N–H and O–H groups in total. The molecule has 0 aliphatic heterocycles. The predicted octanol–water partition coefficient (Wildman–Crippen LogP) is 31.4. The molecule has 122 heavy (non-hydrogen) atoms. The molecule has 4 heterocycles. The first-order chi connectivity index (χ1) is 60.5. The molecule has 0 atom stereocenters. The van der Waals surface area contributed by atoms with Crippen LogP contribution in [0.2, 0.25) is 0 Å². The van der Waals surface area contributed by atoms with Crippen molar-refractivity contribution in [3.8, 4) is 146 Å². The fourth-order valence-corrected chi connectivity index (χ4v) is 21.0. The van der Waals surface area contributed by atoms with Crippen LogP contribution in [-0.4, -0.2) is 29.9 Å². The van der Waals surface area contributed by atoms with Crippen LogP contribution in [-0.2, 0) is 0 Å². The molecule has 6 nitrogen and oxygen atoms in total. The Morgan fingerprint density at radius 1 is 0.139 bits per heavy atom. The quantitative estimate of drug-likeness (QED) is 0.0846. The lowest BCUT2D eigenvalue weighted by molar-refractivity contribution is 1.08. The molecule has 566 valence electrons. The van der Waals surface area contributed by atoms with Crippen LogP contribution < -0.4 is 0 Å². The Bertz CT molecular complexity index is 8310. The van der Waals surface area contributed by atoms with Crippen molar-refractivity contribution >= 4 is 128 Å². The smallest absolute Gasteiger partial charge is 0.165 e. The van der Waals surface area contributed by atoms with E-state index in [2.05, 4.69) is 388 Å². The Morgan fingerprint density at radius 2 is 0.492 bits per heavy atom. The van der Waals surface area contributed by atoms with Crippen molar-refractivity contribution in [3.05, 3.63) is 413 Å². The van der Waals surface area contributed by atoms with Crippen LogP contribution >= 0.6 is 22.7 Å². The van der Waals surface area contributed by atoms with Gasteiger partial charge in [0.15, 0.2) is 34.9 Å². The van der Waals surface area contributed by atoms with Gasteiger partial charge in [-0.15, -0.1) is 22.7 Å². The van der Waals surface area contributed by atoms with Crippen molar-refractivity contribution in [2.24, 2.45) is 0 Å². The van der Waals surface area contributed by atoms with Gasteiger partial charge in [-0.25, -0.2) is 29.9 Å². The molecule has 8 heteroatoms. The average molecular weight is 1590 g/mol. The van der Waals surface area contributed by atoms with E-state index in [4.69, 9.17) is 29.9 Å². The summed E-state index contributed by atoms with van der Waals surface area (Å²) in [6.07, 6.45) is 0. The molecule has 0 saturated carbocycles. The molecule has 0 amide bonds. The van der Waals surface area contributed by atoms with Crippen LogP contribution in [0.5, 0.6) is 0 Å². The fraction of sp³-hybridized carbons (Fsp3) is 0. The predicted molar refractivity (Wildman–Crippen MR) is 515 cm³/mol. The van der Waals surface area contributed by atoms with E-state index in [1.807, 2.05) is 24.3 Å². The largest absolute Gasteiger partial charge is 0.208 e. The Hall–Kier alpha value is -15.6. The molecule has 0 aliphatic carbocycles. The van der Waals surface area contributed by atoms with E-state index in [1.165, 1.54) is 69.4 Å². The van der Waals surface area contributed by atoms with Gasteiger partial charge < -0.3 is 0 Å². The molecule has 24 rings (SSSR count). The fourth-order valence-electron chi connectivity index (χ4n) is 18.6. The molecule has 0 bridgehead atoms. The van der Waals surface area contributed by atoms with Crippen molar-refractivity contribution < 1.29 is 0 Å². The topological polar surface area (TPSA) is 77.3 Å². The molecule has 24 aromatic rings. The Balaban J connectivity index is 0.568. The summed E-state index contributed by atoms with van der Waals surface area (Å²) in [6.45, 7) is 0. The lowest BCUT2D eigenvalue weighted by Crippen LogP contribution is -2.02. The van der Waals surface area contributed by atoms with Gasteiger partial charge in [0.25, 0.3) is 0 Å². The van der Waals surface area contributed by atoms with Gasteiger partial charge in [-0.3, -0.25) is 0 Å². The number of aromatic nitrogens is 6. The summed E-state index contributed by atoms with van der Waals surface area (Å²) in [6, 6.07) is 149. The highest BCUT2D eigenvalue weighted by atomic mass is 32.1. The lowest BCUT2D eigenvalue weighted by Gasteiger charge is -2.20. The van der Waals surface area contributed by atoms with Crippen LogP contribution in [0.25, 0.3) is 251 Å². The standard InChI is InChI=1S/C114H68N6S2/c1-4-25-69(26-5-1)70-53-55-75(56-54-70)103-88-40-16-18-42-90(88)104(91-43-19-17-41-89(91)103)95-63-60-74-28-11-13-36-84(74)106(95)114-118-110(77-31-8-3-9-32-77)116-112(120-114)97-47-24-45-94-100-67-80(61-64-102(100)122-108(94)97)72-51-49-71(50-52-72)78-33-22-34-79(65-78)81-57-58-82-68-99(86-38-15-14-37-85(86)98(82)66-81)92-62-59-73-27-10-12-35-83(73)105(92)113-117-109(76-29-6-2-7-30-76)115-111(119-113)96-46-23-44-93-87-39-20-21-48-101(87)121-107(93)96/h1-68H. The third-order valence-electron chi connectivity index (χ3n) is 24.4. The van der Waals surface area contributed by atoms with Gasteiger partial charge in [0, 0.05) is 73.7 Å². The van der Waals surface area contributed by atoms with E-state index < -0.39 is 0 Å². The van der Waals surface area contributed by atoms with Crippen molar-refractivity contribution in [2.75, 3.05) is 0 Å². The SMILES string of the molecule is c1ccc(-c2ccc(-c3c4ccccc4c(-c4ccc5ccccc5c4-c4nc(-c5ccccc5)nc(-c5cccc6c5sc5ccc(-c7ccc(-c8cccc(-c9ccc%10cc(-c%11ccc%12ccccc%12c%11-c%11nc(-c%12ccccc%12)nc(-c%12cccc%13c%12sc%12ccccc%12%13)n%11)c%11ccccc%11c%10c9)c8)cc7)cc56)n4)c4ccccc34)cc2)cc1. The highest BCUT2D eigenvalue weighted by molar-refractivity contribution is 7.26. The Kier molecular flexibility index (Phi) is 16.9. The first-order valence-electron chi connectivity index (χ1n) is 41.3. The minimum Gasteiger partial charge on any atom is -0.208 e. The molecule has 0 saturated heterocycles. The van der Waals surface area contributed by atoms with Gasteiger partial charge in [-0.2, -0.15) is 0 Å². The molecular formula is C114H68N6S2. The van der Waals surface area contributed by atoms with Crippen LogP contribution in [0.15, 0.2) is 413 Å². The highest BCUT2D eigenvalue weighted by Crippen LogP contribution is 2.51. The molecule has 0 unspecified atom stereocenters. The monoisotopic (exact) mass is 1580 g/mol. The van der Waals surface area contributed by atoms with Crippen molar-refractivity contribution in [1.82, 2.24) is 29.9 Å². The Labute approximate surface area is 711 Å². The van der Waals surface area contributed by atoms with Gasteiger partial charge in [-0.1, -0.05) is 364 Å². The zero-order valence-corrected chi connectivity index (χ0v) is 67.4. The second-order valence-electron chi connectivity index (χ2n) is 31.4. The lowest BCUT2D eigenvalue weighted by atomic mass is 9.83. The maximum atomic E-state index is 5.69. The summed E-state index contributed by atoms with van der Waals surface area (Å²) >= 11 is 3.57. The number of rotatable bonds is 13. The molecule has 4 aromatic heterocycles. The summed E-state index contributed by atoms with van der Waals surface area (Å²) in [5, 5.41) is 18.4. The van der Waals surface area contributed by atoms with Gasteiger partial charge >= 0.3 is 0 Å². The second kappa shape index (κ2) is 29.2. The maximum absolute atomic E-state index is 5.69. The first kappa shape index (κ1) is 70.6. The summed E-state index contributed by atoms with van der Waals surface area (Å²) < 4.78 is 4.70. The van der Waals surface area contributed by atoms with E-state index in [0.29, 0.717) is 34.9 Å². The minimum absolute atomic E-state index is 0.609. The summed E-state index contributed by atoms with van der Waals surface area (Å²) in [4.78, 5) is 33.0. The first-order valence-corrected chi connectivity index (χ1v) is 42.9. The molecule has 0 aliphatic rings. The third-order valence-corrected chi connectivity index (χ3v) is 26.8. The van der Waals surface area contributed by atoms with E-state index in [1.54, 1.807) is 22.7 Å². The normalized spacial score (nSPS) is 11.8. The third kappa shape index (κ3) is 12.1. The molecule has 20 aromatic carbocycles. The molecule has 0 fully saturated rings. The summed E-state index contributed by atoms with van der Waals surface area (Å²) in [7, 11) is 0. The van der Waals surface area contributed by atoms with Gasteiger partial charge in [0.2, 0.25) is 0 Å². The van der Waals surface area contributed by atoms with E-state index in [-0.39, 0.29) is 0 Å². The van der Waals surface area contributed by atoms with Gasteiger partial charge in [0.1, 0.15) is 0 Å². The van der Waals surface area contributed by atoms with Crippen molar-refractivity contribution in [1.29, 1.82) is 0 Å². The van der Waals surface area contributed by atoms with Crippen molar-refractivity contribution in [3.63, 3.8) is 0 Å². The van der Waals surface area contributed by atoms with Gasteiger partial charge in [-0.05, 0) is 191 Å². The number of hydrogen-bond acceptors (Lipinski definition) is 8.